The minimum absolute atomic E-state index is 0.0994. The number of ether oxygens (including phenoxy) is 1. The van der Waals surface area contributed by atoms with Crippen LogP contribution in [0, 0.1) is 0 Å². The molecule has 0 saturated heterocycles. The average Bonchev–Trinajstić information content (AvgIpc) is 2.38. The first-order valence-corrected chi connectivity index (χ1v) is 5.20. The van der Waals surface area contributed by atoms with Crippen LogP contribution >= 0.6 is 0 Å². The summed E-state index contributed by atoms with van der Waals surface area (Å²) in [6, 6.07) is 3.02. The highest BCUT2D eigenvalue weighted by Crippen LogP contribution is 2.28. The number of hydrogen-bond acceptors (Lipinski definition) is 5. The molecule has 9 heteroatoms. The van der Waals surface area contributed by atoms with Crippen LogP contribution in [0.2, 0.25) is 0 Å². The summed E-state index contributed by atoms with van der Waals surface area (Å²) in [6.07, 6.45) is -2.08. The van der Waals surface area contributed by atoms with Gasteiger partial charge in [-0.15, -0.1) is 10.2 Å². The van der Waals surface area contributed by atoms with Crippen LogP contribution in [-0.2, 0) is 6.18 Å². The summed E-state index contributed by atoms with van der Waals surface area (Å²) in [7, 11) is 0. The number of aromatic nitrogens is 3. The van der Waals surface area contributed by atoms with Crippen LogP contribution in [0.15, 0.2) is 30.6 Å². The van der Waals surface area contributed by atoms with Crippen molar-refractivity contribution >= 4 is 5.91 Å². The van der Waals surface area contributed by atoms with E-state index in [2.05, 4.69) is 15.2 Å². The van der Waals surface area contributed by atoms with E-state index < -0.39 is 17.8 Å². The molecular weight excluding hydrogens is 277 g/mol. The molecule has 0 aliphatic carbocycles. The quantitative estimate of drug-likeness (QED) is 0.927. The fourth-order valence-electron chi connectivity index (χ4n) is 1.26. The zero-order chi connectivity index (χ0) is 14.8. The molecule has 0 atom stereocenters. The topological polar surface area (TPSA) is 91.0 Å². The van der Waals surface area contributed by atoms with Gasteiger partial charge in [0, 0.05) is 12.3 Å². The minimum atomic E-state index is -4.57. The SMILES string of the molecule is NC(=O)c1cncc(Oc2ccc(C(F)(F)F)nn2)c1. The van der Waals surface area contributed by atoms with Gasteiger partial charge in [-0.1, -0.05) is 0 Å². The lowest BCUT2D eigenvalue weighted by Gasteiger charge is -2.06. The van der Waals surface area contributed by atoms with Crippen molar-refractivity contribution < 1.29 is 22.7 Å². The van der Waals surface area contributed by atoms with E-state index >= 15 is 0 Å². The van der Waals surface area contributed by atoms with Crippen molar-refractivity contribution in [1.82, 2.24) is 15.2 Å². The third-order valence-corrected chi connectivity index (χ3v) is 2.15. The number of alkyl halides is 3. The maximum Gasteiger partial charge on any atom is 0.435 e. The Morgan fingerprint density at radius 1 is 1.20 bits per heavy atom. The summed E-state index contributed by atoms with van der Waals surface area (Å²) in [6.45, 7) is 0. The number of carbonyl (C=O) groups is 1. The Morgan fingerprint density at radius 3 is 2.50 bits per heavy atom. The van der Waals surface area contributed by atoms with E-state index in [1.165, 1.54) is 18.5 Å². The monoisotopic (exact) mass is 284 g/mol. The van der Waals surface area contributed by atoms with E-state index in [1.54, 1.807) is 0 Å². The van der Waals surface area contributed by atoms with Gasteiger partial charge < -0.3 is 10.5 Å². The first-order chi connectivity index (χ1) is 9.36. The van der Waals surface area contributed by atoms with Gasteiger partial charge >= 0.3 is 6.18 Å². The number of pyridine rings is 1. The van der Waals surface area contributed by atoms with Gasteiger partial charge in [0.15, 0.2) is 5.69 Å². The lowest BCUT2D eigenvalue weighted by Crippen LogP contribution is -2.11. The summed E-state index contributed by atoms with van der Waals surface area (Å²) in [4.78, 5) is 14.6. The molecule has 2 heterocycles. The Morgan fingerprint density at radius 2 is 1.95 bits per heavy atom. The fraction of sp³-hybridized carbons (Fsp3) is 0.0909. The highest BCUT2D eigenvalue weighted by Gasteiger charge is 2.32. The maximum atomic E-state index is 12.3. The predicted octanol–water partition coefficient (Wildman–Crippen LogP) is 1.78. The molecule has 2 aromatic heterocycles. The predicted molar refractivity (Wildman–Crippen MR) is 59.9 cm³/mol. The second-order valence-corrected chi connectivity index (χ2v) is 3.63. The van der Waals surface area contributed by atoms with E-state index in [0.717, 1.165) is 12.1 Å². The number of halogens is 3. The first kappa shape index (κ1) is 13.7. The summed E-state index contributed by atoms with van der Waals surface area (Å²) in [5.74, 6) is -0.766. The highest BCUT2D eigenvalue weighted by molar-refractivity contribution is 5.92. The molecular formula is C11H7F3N4O2. The number of nitrogens with two attached hydrogens (primary N) is 1. The van der Waals surface area contributed by atoms with Crippen molar-refractivity contribution in [3.8, 4) is 11.6 Å². The molecule has 0 fully saturated rings. The Hall–Kier alpha value is -2.71. The molecule has 6 nitrogen and oxygen atoms in total. The van der Waals surface area contributed by atoms with E-state index in [1.807, 2.05) is 0 Å². The van der Waals surface area contributed by atoms with Crippen LogP contribution < -0.4 is 10.5 Å². The standard InChI is InChI=1S/C11H7F3N4O2/c12-11(13,14)8-1-2-9(18-17-8)20-7-3-6(10(15)19)4-16-5-7/h1-5H,(H2,15,19). The lowest BCUT2D eigenvalue weighted by molar-refractivity contribution is -0.141. The van der Waals surface area contributed by atoms with Gasteiger partial charge in [-0.05, 0) is 12.1 Å². The summed E-state index contributed by atoms with van der Waals surface area (Å²) in [5.41, 5.74) is 4.03. The highest BCUT2D eigenvalue weighted by atomic mass is 19.4. The van der Waals surface area contributed by atoms with E-state index in [-0.39, 0.29) is 17.2 Å². The average molecular weight is 284 g/mol. The number of carbonyl (C=O) groups excluding carboxylic acids is 1. The van der Waals surface area contributed by atoms with E-state index in [4.69, 9.17) is 10.5 Å². The molecule has 0 bridgehead atoms. The Kier molecular flexibility index (Phi) is 3.51. The van der Waals surface area contributed by atoms with Gasteiger partial charge in [-0.3, -0.25) is 9.78 Å². The fourth-order valence-corrected chi connectivity index (χ4v) is 1.26. The molecule has 104 valence electrons. The van der Waals surface area contributed by atoms with Gasteiger partial charge in [0.05, 0.1) is 11.8 Å². The van der Waals surface area contributed by atoms with Crippen molar-refractivity contribution in [2.24, 2.45) is 5.73 Å². The van der Waals surface area contributed by atoms with Gasteiger partial charge in [0.25, 0.3) is 0 Å². The van der Waals surface area contributed by atoms with Crippen molar-refractivity contribution in [1.29, 1.82) is 0 Å². The van der Waals surface area contributed by atoms with E-state index in [0.29, 0.717) is 0 Å². The zero-order valence-corrected chi connectivity index (χ0v) is 9.76. The van der Waals surface area contributed by atoms with E-state index in [9.17, 15) is 18.0 Å². The Bertz CT molecular complexity index is 628. The molecule has 0 unspecified atom stereocenters. The molecule has 2 N–H and O–H groups in total. The van der Waals surface area contributed by atoms with Gasteiger partial charge in [-0.2, -0.15) is 13.2 Å². The molecule has 0 aliphatic heterocycles. The van der Waals surface area contributed by atoms with Crippen molar-refractivity contribution in [3.63, 3.8) is 0 Å². The number of amides is 1. The van der Waals surface area contributed by atoms with Crippen molar-refractivity contribution in [3.05, 3.63) is 41.9 Å². The molecule has 1 amide bonds. The largest absolute Gasteiger partial charge is 0.436 e. The Balaban J connectivity index is 2.18. The number of rotatable bonds is 3. The Labute approximate surface area is 110 Å². The molecule has 0 spiro atoms. The molecule has 0 radical (unpaired) electrons. The maximum absolute atomic E-state index is 12.3. The summed E-state index contributed by atoms with van der Waals surface area (Å²) in [5, 5.41) is 6.27. The van der Waals surface area contributed by atoms with Crippen LogP contribution in [0.1, 0.15) is 16.1 Å². The van der Waals surface area contributed by atoms with Gasteiger partial charge in [0.2, 0.25) is 11.8 Å². The first-order valence-electron chi connectivity index (χ1n) is 5.20. The molecule has 2 rings (SSSR count). The molecule has 0 aromatic carbocycles. The number of nitrogens with zero attached hydrogens (tertiary/aromatic N) is 3. The lowest BCUT2D eigenvalue weighted by atomic mass is 10.3. The van der Waals surface area contributed by atoms with Crippen LogP contribution in [0.5, 0.6) is 11.6 Å². The van der Waals surface area contributed by atoms with Crippen LogP contribution in [0.4, 0.5) is 13.2 Å². The van der Waals surface area contributed by atoms with Crippen LogP contribution in [0.3, 0.4) is 0 Å². The molecule has 0 aliphatic rings. The number of primary amides is 1. The second kappa shape index (κ2) is 5.11. The van der Waals surface area contributed by atoms with Crippen LogP contribution in [-0.4, -0.2) is 21.1 Å². The third-order valence-electron chi connectivity index (χ3n) is 2.15. The van der Waals surface area contributed by atoms with Crippen LogP contribution in [0.25, 0.3) is 0 Å². The minimum Gasteiger partial charge on any atom is -0.436 e. The van der Waals surface area contributed by atoms with Gasteiger partial charge in [0.1, 0.15) is 5.75 Å². The van der Waals surface area contributed by atoms with Crippen molar-refractivity contribution in [2.45, 2.75) is 6.18 Å². The molecule has 20 heavy (non-hydrogen) atoms. The summed E-state index contributed by atoms with van der Waals surface area (Å²) < 4.78 is 42.0. The van der Waals surface area contributed by atoms with Gasteiger partial charge in [-0.25, -0.2) is 0 Å². The molecule has 0 saturated carbocycles. The number of hydrogen-bond donors (Lipinski definition) is 1. The molecule has 2 aromatic rings. The normalized spacial score (nSPS) is 11.2. The summed E-state index contributed by atoms with van der Waals surface area (Å²) >= 11 is 0. The zero-order valence-electron chi connectivity index (χ0n) is 9.76. The third kappa shape index (κ3) is 3.19. The smallest absolute Gasteiger partial charge is 0.435 e. The second-order valence-electron chi connectivity index (χ2n) is 3.63. The van der Waals surface area contributed by atoms with Crippen molar-refractivity contribution in [2.75, 3.05) is 0 Å².